The molecule has 0 spiro atoms. The molecule has 4 rings (SSSR count). The lowest BCUT2D eigenvalue weighted by Crippen LogP contribution is -2.22. The summed E-state index contributed by atoms with van der Waals surface area (Å²) in [6, 6.07) is 12.6. The fourth-order valence-corrected chi connectivity index (χ4v) is 3.89. The summed E-state index contributed by atoms with van der Waals surface area (Å²) >= 11 is 1.32. The average Bonchev–Trinajstić information content (AvgIpc) is 3.18. The SMILES string of the molecule is CCOc1cc(C=c2sc3nc4ccccc4n3c2=O)ccc1OCC(=O)O. The van der Waals surface area contributed by atoms with Crippen LogP contribution in [0.5, 0.6) is 11.5 Å². The normalized spacial score (nSPS) is 12.0. The second-order valence-corrected chi connectivity index (χ2v) is 6.97. The average molecular weight is 396 g/mol. The third-order valence-corrected chi connectivity index (χ3v) is 5.03. The van der Waals surface area contributed by atoms with Crippen LogP contribution < -0.4 is 19.6 Å². The Hall–Kier alpha value is -3.39. The standard InChI is InChI=1S/C20H16N2O5S/c1-2-26-16-9-12(7-8-15(16)27-11-18(23)24)10-17-19(25)22-14-6-4-3-5-13(14)21-20(22)28-17/h3-10H,2,11H2,1H3,(H,23,24). The largest absolute Gasteiger partial charge is 0.490 e. The minimum absolute atomic E-state index is 0.127. The highest BCUT2D eigenvalue weighted by molar-refractivity contribution is 7.15. The van der Waals surface area contributed by atoms with Crippen molar-refractivity contribution < 1.29 is 19.4 Å². The van der Waals surface area contributed by atoms with Crippen LogP contribution >= 0.6 is 11.3 Å². The summed E-state index contributed by atoms with van der Waals surface area (Å²) in [7, 11) is 0. The second-order valence-electron chi connectivity index (χ2n) is 5.96. The van der Waals surface area contributed by atoms with Gasteiger partial charge >= 0.3 is 5.97 Å². The van der Waals surface area contributed by atoms with Crippen molar-refractivity contribution >= 4 is 39.4 Å². The van der Waals surface area contributed by atoms with Crippen molar-refractivity contribution in [2.75, 3.05) is 13.2 Å². The maximum Gasteiger partial charge on any atom is 0.341 e. The highest BCUT2D eigenvalue weighted by Crippen LogP contribution is 2.29. The molecule has 4 aromatic rings. The maximum absolute atomic E-state index is 12.8. The van der Waals surface area contributed by atoms with E-state index in [2.05, 4.69) is 4.98 Å². The number of nitrogens with zero attached hydrogens (tertiary/aromatic N) is 2. The lowest BCUT2D eigenvalue weighted by atomic mass is 10.2. The summed E-state index contributed by atoms with van der Waals surface area (Å²) in [5.74, 6) is -0.296. The third kappa shape index (κ3) is 3.29. The highest BCUT2D eigenvalue weighted by Gasteiger charge is 2.12. The number of imidazole rings is 1. The number of fused-ring (bicyclic) bond motifs is 3. The van der Waals surface area contributed by atoms with E-state index < -0.39 is 12.6 Å². The zero-order valence-electron chi connectivity index (χ0n) is 14.9. The van der Waals surface area contributed by atoms with Crippen molar-refractivity contribution in [3.63, 3.8) is 0 Å². The summed E-state index contributed by atoms with van der Waals surface area (Å²) in [4.78, 5) is 28.7. The molecule has 0 fully saturated rings. The minimum Gasteiger partial charge on any atom is -0.490 e. The summed E-state index contributed by atoms with van der Waals surface area (Å²) < 4.78 is 13.0. The molecule has 2 heterocycles. The number of para-hydroxylation sites is 2. The van der Waals surface area contributed by atoms with Crippen LogP contribution in [-0.4, -0.2) is 33.7 Å². The van der Waals surface area contributed by atoms with E-state index in [-0.39, 0.29) is 5.56 Å². The van der Waals surface area contributed by atoms with E-state index in [0.717, 1.165) is 16.6 Å². The number of hydrogen-bond donors (Lipinski definition) is 1. The smallest absolute Gasteiger partial charge is 0.341 e. The van der Waals surface area contributed by atoms with E-state index >= 15 is 0 Å². The van der Waals surface area contributed by atoms with E-state index in [9.17, 15) is 9.59 Å². The van der Waals surface area contributed by atoms with E-state index in [4.69, 9.17) is 14.6 Å². The number of benzene rings is 2. The number of carboxylic acid groups (broad SMARTS) is 1. The Balaban J connectivity index is 1.78. The molecule has 0 aliphatic heterocycles. The molecule has 28 heavy (non-hydrogen) atoms. The first kappa shape index (κ1) is 18.0. The molecule has 7 nitrogen and oxygen atoms in total. The quantitative estimate of drug-likeness (QED) is 0.538. The lowest BCUT2D eigenvalue weighted by molar-refractivity contribution is -0.139. The van der Waals surface area contributed by atoms with Gasteiger partial charge < -0.3 is 14.6 Å². The fourth-order valence-electron chi connectivity index (χ4n) is 2.90. The van der Waals surface area contributed by atoms with Crippen molar-refractivity contribution in [3.8, 4) is 11.5 Å². The Bertz CT molecular complexity index is 1290. The van der Waals surface area contributed by atoms with Crippen LogP contribution in [0.3, 0.4) is 0 Å². The van der Waals surface area contributed by atoms with Crippen molar-refractivity contribution in [3.05, 3.63) is 62.9 Å². The number of thiazole rings is 1. The Labute approximate surface area is 163 Å². The Kier molecular flexibility index (Phi) is 4.70. The van der Waals surface area contributed by atoms with Crippen molar-refractivity contribution in [1.29, 1.82) is 0 Å². The number of carbonyl (C=O) groups is 1. The molecule has 2 aromatic carbocycles. The lowest BCUT2D eigenvalue weighted by Gasteiger charge is -2.11. The minimum atomic E-state index is -1.07. The second kappa shape index (κ2) is 7.32. The molecule has 142 valence electrons. The summed E-state index contributed by atoms with van der Waals surface area (Å²) in [5.41, 5.74) is 2.19. The van der Waals surface area contributed by atoms with Crippen LogP contribution in [-0.2, 0) is 4.79 Å². The van der Waals surface area contributed by atoms with Gasteiger partial charge in [0.25, 0.3) is 5.56 Å². The Morgan fingerprint density at radius 3 is 2.82 bits per heavy atom. The number of aromatic nitrogens is 2. The molecule has 0 aliphatic carbocycles. The first-order chi connectivity index (χ1) is 13.6. The molecule has 0 unspecified atom stereocenters. The van der Waals surface area contributed by atoms with Gasteiger partial charge in [0.15, 0.2) is 23.1 Å². The topological polar surface area (TPSA) is 90.1 Å². The molecule has 0 amide bonds. The predicted octanol–water partition coefficient (Wildman–Crippen LogP) is 2.32. The molecule has 0 saturated carbocycles. The number of ether oxygens (including phenoxy) is 2. The van der Waals surface area contributed by atoms with Gasteiger partial charge in [-0.3, -0.25) is 4.79 Å². The van der Waals surface area contributed by atoms with Crippen LogP contribution in [0.1, 0.15) is 12.5 Å². The van der Waals surface area contributed by atoms with Gasteiger partial charge in [-0.25, -0.2) is 14.2 Å². The molecule has 0 aliphatic rings. The van der Waals surface area contributed by atoms with Crippen molar-refractivity contribution in [1.82, 2.24) is 9.38 Å². The van der Waals surface area contributed by atoms with Crippen molar-refractivity contribution in [2.24, 2.45) is 0 Å². The van der Waals surface area contributed by atoms with Crippen LogP contribution in [0, 0.1) is 0 Å². The zero-order valence-corrected chi connectivity index (χ0v) is 15.7. The first-order valence-electron chi connectivity index (χ1n) is 8.60. The van der Waals surface area contributed by atoms with Gasteiger partial charge in [-0.1, -0.05) is 29.5 Å². The van der Waals surface area contributed by atoms with Gasteiger partial charge in [-0.15, -0.1) is 0 Å². The Morgan fingerprint density at radius 1 is 1.21 bits per heavy atom. The van der Waals surface area contributed by atoms with Gasteiger partial charge in [0.1, 0.15) is 0 Å². The predicted molar refractivity (Wildman–Crippen MR) is 106 cm³/mol. The molecular weight excluding hydrogens is 380 g/mol. The number of hydrogen-bond acceptors (Lipinski definition) is 6. The third-order valence-electron chi connectivity index (χ3n) is 4.06. The molecule has 8 heteroatoms. The number of aliphatic carboxylic acids is 1. The van der Waals surface area contributed by atoms with E-state index in [1.165, 1.54) is 11.3 Å². The molecule has 2 aromatic heterocycles. The van der Waals surface area contributed by atoms with Gasteiger partial charge in [-0.05, 0) is 42.8 Å². The summed E-state index contributed by atoms with van der Waals surface area (Å²) in [5, 5.41) is 8.79. The van der Waals surface area contributed by atoms with Gasteiger partial charge in [0, 0.05) is 0 Å². The van der Waals surface area contributed by atoms with Crippen LogP contribution in [0.2, 0.25) is 0 Å². The molecule has 0 atom stereocenters. The molecule has 0 bridgehead atoms. The summed E-state index contributed by atoms with van der Waals surface area (Å²) in [6.07, 6.45) is 1.76. The molecular formula is C20H16N2O5S. The van der Waals surface area contributed by atoms with Gasteiger partial charge in [0.05, 0.1) is 22.2 Å². The number of rotatable bonds is 6. The van der Waals surface area contributed by atoms with Gasteiger partial charge in [0.2, 0.25) is 0 Å². The Morgan fingerprint density at radius 2 is 2.04 bits per heavy atom. The highest BCUT2D eigenvalue weighted by atomic mass is 32.1. The van der Waals surface area contributed by atoms with Gasteiger partial charge in [-0.2, -0.15) is 0 Å². The van der Waals surface area contributed by atoms with Crippen LogP contribution in [0.15, 0.2) is 47.3 Å². The zero-order chi connectivity index (χ0) is 19.7. The molecule has 0 saturated heterocycles. The van der Waals surface area contributed by atoms with E-state index in [1.807, 2.05) is 31.2 Å². The summed E-state index contributed by atoms with van der Waals surface area (Å²) in [6.45, 7) is 1.77. The first-order valence-corrected chi connectivity index (χ1v) is 9.41. The monoisotopic (exact) mass is 396 g/mol. The number of carboxylic acids is 1. The van der Waals surface area contributed by atoms with E-state index in [0.29, 0.717) is 27.6 Å². The van der Waals surface area contributed by atoms with Crippen molar-refractivity contribution in [2.45, 2.75) is 6.92 Å². The van der Waals surface area contributed by atoms with E-state index in [1.54, 1.807) is 28.7 Å². The van der Waals surface area contributed by atoms with Crippen LogP contribution in [0.4, 0.5) is 0 Å². The van der Waals surface area contributed by atoms with Crippen LogP contribution in [0.25, 0.3) is 22.1 Å². The molecule has 1 N–H and O–H groups in total. The maximum atomic E-state index is 12.8. The fraction of sp³-hybridized carbons (Fsp3) is 0.150. The molecule has 0 radical (unpaired) electrons.